The van der Waals surface area contributed by atoms with E-state index in [4.69, 9.17) is 0 Å². The first kappa shape index (κ1) is 17.5. The summed E-state index contributed by atoms with van der Waals surface area (Å²) in [7, 11) is 0. The van der Waals surface area contributed by atoms with Gasteiger partial charge in [-0.2, -0.15) is 0 Å². The van der Waals surface area contributed by atoms with E-state index in [0.29, 0.717) is 17.4 Å². The molecule has 1 atom stereocenters. The highest BCUT2D eigenvalue weighted by molar-refractivity contribution is 5.87. The highest BCUT2D eigenvalue weighted by Crippen LogP contribution is 2.28. The average Bonchev–Trinajstić information content (AvgIpc) is 2.62. The molecule has 0 spiro atoms. The van der Waals surface area contributed by atoms with Crippen molar-refractivity contribution in [1.82, 2.24) is 14.9 Å². The first-order valence-electron chi connectivity index (χ1n) is 8.89. The Morgan fingerprint density at radius 2 is 2.08 bits per heavy atom. The molecule has 1 aliphatic rings. The van der Waals surface area contributed by atoms with Crippen LogP contribution in [0, 0.1) is 0 Å². The molecule has 25 heavy (non-hydrogen) atoms. The second kappa shape index (κ2) is 7.74. The molecule has 1 saturated heterocycles. The second-order valence-electron chi connectivity index (χ2n) is 7.11. The normalized spacial score (nSPS) is 18.4. The topological polar surface area (TPSA) is 66.3 Å². The number of piperidine rings is 1. The van der Waals surface area contributed by atoms with Gasteiger partial charge >= 0.3 is 5.97 Å². The maximum atomic E-state index is 11.2. The van der Waals surface area contributed by atoms with Crippen molar-refractivity contribution >= 4 is 5.97 Å². The standard InChI is InChI=1S/C20H25N3O2/c1-14(2)19-21-10-15(11-22-19)12-23-8-4-7-18(13-23)16-5-3-6-17(9-16)20(24)25/h3,5-6,9-11,14,18H,4,7-8,12-13H2,1-2H3,(H,24,25)/t18-/m1/s1. The van der Waals surface area contributed by atoms with Gasteiger partial charge in [-0.1, -0.05) is 26.0 Å². The number of aromatic nitrogens is 2. The molecule has 5 heteroatoms. The molecule has 0 unspecified atom stereocenters. The number of carboxylic acid groups (broad SMARTS) is 1. The molecular formula is C20H25N3O2. The van der Waals surface area contributed by atoms with Crippen molar-refractivity contribution in [3.8, 4) is 0 Å². The molecule has 0 saturated carbocycles. The van der Waals surface area contributed by atoms with Crippen LogP contribution in [-0.4, -0.2) is 39.0 Å². The van der Waals surface area contributed by atoms with E-state index >= 15 is 0 Å². The van der Waals surface area contributed by atoms with Gasteiger partial charge in [0.05, 0.1) is 5.56 Å². The van der Waals surface area contributed by atoms with E-state index in [1.807, 2.05) is 30.6 Å². The summed E-state index contributed by atoms with van der Waals surface area (Å²) >= 11 is 0. The van der Waals surface area contributed by atoms with Crippen molar-refractivity contribution in [2.75, 3.05) is 13.1 Å². The van der Waals surface area contributed by atoms with Crippen molar-refractivity contribution in [2.24, 2.45) is 0 Å². The van der Waals surface area contributed by atoms with Gasteiger partial charge in [-0.05, 0) is 43.0 Å². The number of aromatic carboxylic acids is 1. The highest BCUT2D eigenvalue weighted by atomic mass is 16.4. The van der Waals surface area contributed by atoms with Crippen LogP contribution in [-0.2, 0) is 6.54 Å². The van der Waals surface area contributed by atoms with Crippen molar-refractivity contribution in [2.45, 2.75) is 45.1 Å². The molecule has 132 valence electrons. The number of likely N-dealkylation sites (tertiary alicyclic amines) is 1. The van der Waals surface area contributed by atoms with E-state index in [0.717, 1.165) is 49.4 Å². The highest BCUT2D eigenvalue weighted by Gasteiger charge is 2.22. The number of nitrogens with zero attached hydrogens (tertiary/aromatic N) is 3. The third-order valence-electron chi connectivity index (χ3n) is 4.76. The SMILES string of the molecule is CC(C)c1ncc(CN2CCC[C@@H](c3cccc(C(=O)O)c3)C2)cn1. The van der Waals surface area contributed by atoms with E-state index in [2.05, 4.69) is 28.7 Å². The van der Waals surface area contributed by atoms with Crippen LogP contribution < -0.4 is 0 Å². The average molecular weight is 339 g/mol. The van der Waals surface area contributed by atoms with Crippen molar-refractivity contribution < 1.29 is 9.90 Å². The molecule has 2 aromatic rings. The monoisotopic (exact) mass is 339 g/mol. The fourth-order valence-electron chi connectivity index (χ4n) is 3.40. The van der Waals surface area contributed by atoms with Crippen LogP contribution in [0.4, 0.5) is 0 Å². The lowest BCUT2D eigenvalue weighted by atomic mass is 9.89. The van der Waals surface area contributed by atoms with E-state index in [1.165, 1.54) is 0 Å². The number of carboxylic acids is 1. The zero-order valence-electron chi connectivity index (χ0n) is 14.9. The molecule has 0 bridgehead atoms. The summed E-state index contributed by atoms with van der Waals surface area (Å²) in [4.78, 5) is 22.5. The number of benzene rings is 1. The number of carbonyl (C=O) groups is 1. The molecular weight excluding hydrogens is 314 g/mol. The lowest BCUT2D eigenvalue weighted by Crippen LogP contribution is -2.34. The van der Waals surface area contributed by atoms with Gasteiger partial charge < -0.3 is 5.11 Å². The first-order chi connectivity index (χ1) is 12.0. The van der Waals surface area contributed by atoms with Gasteiger partial charge in [0.1, 0.15) is 5.82 Å². The smallest absolute Gasteiger partial charge is 0.335 e. The quantitative estimate of drug-likeness (QED) is 0.900. The Bertz CT molecular complexity index is 728. The molecule has 2 heterocycles. The van der Waals surface area contributed by atoms with Crippen LogP contribution in [0.25, 0.3) is 0 Å². The fourth-order valence-corrected chi connectivity index (χ4v) is 3.40. The zero-order chi connectivity index (χ0) is 17.8. The fraction of sp³-hybridized carbons (Fsp3) is 0.450. The van der Waals surface area contributed by atoms with Crippen LogP contribution in [0.15, 0.2) is 36.7 Å². The second-order valence-corrected chi connectivity index (χ2v) is 7.11. The molecule has 3 rings (SSSR count). The van der Waals surface area contributed by atoms with Crippen LogP contribution in [0.2, 0.25) is 0 Å². The Hall–Kier alpha value is -2.27. The Balaban J connectivity index is 1.66. The van der Waals surface area contributed by atoms with Crippen LogP contribution in [0.5, 0.6) is 0 Å². The Morgan fingerprint density at radius 3 is 2.76 bits per heavy atom. The van der Waals surface area contributed by atoms with E-state index in [9.17, 15) is 9.90 Å². The van der Waals surface area contributed by atoms with Crippen molar-refractivity contribution in [3.05, 3.63) is 59.2 Å². The van der Waals surface area contributed by atoms with Gasteiger partial charge in [0.2, 0.25) is 0 Å². The molecule has 0 amide bonds. The Kier molecular flexibility index (Phi) is 5.43. The molecule has 0 aliphatic carbocycles. The van der Waals surface area contributed by atoms with Gasteiger partial charge in [0.15, 0.2) is 0 Å². The predicted octanol–water partition coefficient (Wildman–Crippen LogP) is 3.68. The summed E-state index contributed by atoms with van der Waals surface area (Å²) in [6, 6.07) is 7.36. The lowest BCUT2D eigenvalue weighted by Gasteiger charge is -2.33. The molecule has 1 aromatic heterocycles. The van der Waals surface area contributed by atoms with E-state index in [-0.39, 0.29) is 0 Å². The van der Waals surface area contributed by atoms with Crippen LogP contribution in [0.1, 0.15) is 65.8 Å². The molecule has 1 aromatic carbocycles. The van der Waals surface area contributed by atoms with Gasteiger partial charge in [-0.15, -0.1) is 0 Å². The van der Waals surface area contributed by atoms with Crippen molar-refractivity contribution in [3.63, 3.8) is 0 Å². The molecule has 1 fully saturated rings. The summed E-state index contributed by atoms with van der Waals surface area (Å²) in [5.41, 5.74) is 2.62. The maximum Gasteiger partial charge on any atom is 0.335 e. The van der Waals surface area contributed by atoms with Gasteiger partial charge in [-0.3, -0.25) is 4.90 Å². The third-order valence-corrected chi connectivity index (χ3v) is 4.76. The van der Waals surface area contributed by atoms with E-state index in [1.54, 1.807) is 6.07 Å². The molecule has 1 aliphatic heterocycles. The largest absolute Gasteiger partial charge is 0.478 e. The lowest BCUT2D eigenvalue weighted by molar-refractivity contribution is 0.0696. The molecule has 5 nitrogen and oxygen atoms in total. The van der Waals surface area contributed by atoms with Crippen LogP contribution in [0.3, 0.4) is 0 Å². The van der Waals surface area contributed by atoms with Gasteiger partial charge in [0.25, 0.3) is 0 Å². The molecule has 0 radical (unpaired) electrons. The Labute approximate surface area is 148 Å². The minimum atomic E-state index is -0.864. The maximum absolute atomic E-state index is 11.2. The van der Waals surface area contributed by atoms with Crippen molar-refractivity contribution in [1.29, 1.82) is 0 Å². The summed E-state index contributed by atoms with van der Waals surface area (Å²) in [6.45, 7) is 7.02. The van der Waals surface area contributed by atoms with E-state index < -0.39 is 5.97 Å². The predicted molar refractivity (Wildman–Crippen MR) is 96.8 cm³/mol. The number of hydrogen-bond donors (Lipinski definition) is 1. The first-order valence-corrected chi connectivity index (χ1v) is 8.89. The summed E-state index contributed by atoms with van der Waals surface area (Å²) in [5.74, 6) is 0.737. The summed E-state index contributed by atoms with van der Waals surface area (Å²) < 4.78 is 0. The third kappa shape index (κ3) is 4.42. The molecule has 1 N–H and O–H groups in total. The number of rotatable bonds is 5. The van der Waals surface area contributed by atoms with Gasteiger partial charge in [0, 0.05) is 37.0 Å². The minimum Gasteiger partial charge on any atom is -0.478 e. The Morgan fingerprint density at radius 1 is 1.32 bits per heavy atom. The minimum absolute atomic E-state index is 0.343. The van der Waals surface area contributed by atoms with Crippen LogP contribution >= 0.6 is 0 Å². The zero-order valence-corrected chi connectivity index (χ0v) is 14.9. The summed E-state index contributed by atoms with van der Waals surface area (Å²) in [5, 5.41) is 9.19. The number of hydrogen-bond acceptors (Lipinski definition) is 4. The van der Waals surface area contributed by atoms with Gasteiger partial charge in [-0.25, -0.2) is 14.8 Å². The summed E-state index contributed by atoms with van der Waals surface area (Å²) in [6.07, 6.45) is 6.07.